The number of benzene rings is 1. The van der Waals surface area contributed by atoms with Gasteiger partial charge < -0.3 is 15.5 Å². The van der Waals surface area contributed by atoms with E-state index in [1.165, 1.54) is 5.56 Å². The monoisotopic (exact) mass is 370 g/mol. The lowest BCUT2D eigenvalue weighted by Gasteiger charge is -2.50. The van der Waals surface area contributed by atoms with Crippen molar-refractivity contribution in [3.05, 3.63) is 35.9 Å². The highest BCUT2D eigenvalue weighted by atomic mass is 35.5. The Labute approximate surface area is 159 Å². The fourth-order valence-corrected chi connectivity index (χ4v) is 3.44. The van der Waals surface area contributed by atoms with Crippen molar-refractivity contribution in [3.8, 4) is 0 Å². The predicted molar refractivity (Wildman–Crippen MR) is 106 cm³/mol. The van der Waals surface area contributed by atoms with Crippen molar-refractivity contribution in [2.45, 2.75) is 76.8 Å². The van der Waals surface area contributed by atoms with E-state index in [2.05, 4.69) is 41.4 Å². The van der Waals surface area contributed by atoms with Crippen molar-refractivity contribution in [2.24, 2.45) is 0 Å². The van der Waals surface area contributed by atoms with E-state index in [0.29, 0.717) is 18.1 Å². The van der Waals surface area contributed by atoms with Crippen LogP contribution in [0.5, 0.6) is 0 Å². The molecule has 2 heterocycles. The van der Waals surface area contributed by atoms with Crippen LogP contribution in [0.15, 0.2) is 30.3 Å². The van der Waals surface area contributed by atoms with Crippen LogP contribution < -0.4 is 5.32 Å². The van der Waals surface area contributed by atoms with Crippen molar-refractivity contribution < 1.29 is 10.2 Å². The molecule has 3 atom stereocenters. The van der Waals surface area contributed by atoms with Gasteiger partial charge in [0.15, 0.2) is 0 Å². The van der Waals surface area contributed by atoms with Crippen molar-refractivity contribution in [1.82, 2.24) is 10.2 Å². The summed E-state index contributed by atoms with van der Waals surface area (Å²) in [5.74, 6) is 0. The van der Waals surface area contributed by atoms with Crippen LogP contribution in [-0.2, 0) is 0 Å². The smallest absolute Gasteiger partial charge is 0.0746 e. The van der Waals surface area contributed by atoms with Crippen LogP contribution in [0, 0.1) is 0 Å². The molecule has 0 saturated carbocycles. The van der Waals surface area contributed by atoms with Gasteiger partial charge in [0, 0.05) is 24.7 Å². The van der Waals surface area contributed by atoms with Crippen molar-refractivity contribution in [3.63, 3.8) is 0 Å². The molecule has 3 N–H and O–H groups in total. The van der Waals surface area contributed by atoms with Gasteiger partial charge in [-0.25, -0.2) is 0 Å². The maximum Gasteiger partial charge on any atom is 0.0746 e. The number of hydrogen-bond acceptors (Lipinski definition) is 4. The average Bonchev–Trinajstić information content (AvgIpc) is 2.32. The molecule has 2 aliphatic heterocycles. The molecule has 2 saturated heterocycles. The molecule has 25 heavy (non-hydrogen) atoms. The van der Waals surface area contributed by atoms with Gasteiger partial charge in [-0.1, -0.05) is 30.3 Å². The van der Waals surface area contributed by atoms with Gasteiger partial charge in [0.25, 0.3) is 0 Å². The zero-order valence-corrected chi connectivity index (χ0v) is 17.0. The zero-order valence-electron chi connectivity index (χ0n) is 16.2. The van der Waals surface area contributed by atoms with Gasteiger partial charge in [-0.3, -0.25) is 4.90 Å². The molecule has 144 valence electrons. The summed E-state index contributed by atoms with van der Waals surface area (Å²) in [5, 5.41) is 22.5. The first-order valence-corrected chi connectivity index (χ1v) is 9.09. The molecule has 0 unspecified atom stereocenters. The van der Waals surface area contributed by atoms with E-state index in [1.807, 2.05) is 33.8 Å². The molecule has 2 fully saturated rings. The fourth-order valence-electron chi connectivity index (χ4n) is 3.44. The van der Waals surface area contributed by atoms with Gasteiger partial charge in [-0.2, -0.15) is 0 Å². The Morgan fingerprint density at radius 3 is 1.88 bits per heavy atom. The summed E-state index contributed by atoms with van der Waals surface area (Å²) in [7, 11) is 0. The summed E-state index contributed by atoms with van der Waals surface area (Å²) >= 11 is 0. The van der Waals surface area contributed by atoms with Gasteiger partial charge >= 0.3 is 0 Å². The van der Waals surface area contributed by atoms with Crippen LogP contribution in [-0.4, -0.2) is 51.5 Å². The van der Waals surface area contributed by atoms with E-state index in [1.54, 1.807) is 0 Å². The minimum Gasteiger partial charge on any atom is -0.389 e. The highest BCUT2D eigenvalue weighted by Gasteiger charge is 2.41. The molecular weight excluding hydrogens is 336 g/mol. The fraction of sp³-hybridized carbons (Fsp3) is 0.700. The molecule has 1 aromatic rings. The molecule has 0 spiro atoms. The van der Waals surface area contributed by atoms with E-state index in [-0.39, 0.29) is 12.4 Å². The highest BCUT2D eigenvalue weighted by molar-refractivity contribution is 5.85. The van der Waals surface area contributed by atoms with E-state index >= 15 is 0 Å². The molecule has 0 aromatic heterocycles. The molecule has 3 rings (SSSR count). The van der Waals surface area contributed by atoms with Crippen LogP contribution in [0.4, 0.5) is 0 Å². The second kappa shape index (κ2) is 8.83. The maximum atomic E-state index is 10.1. The summed E-state index contributed by atoms with van der Waals surface area (Å²) in [6.45, 7) is 11.9. The predicted octanol–water partition coefficient (Wildman–Crippen LogP) is 3.13. The molecule has 4 nitrogen and oxygen atoms in total. The first kappa shape index (κ1) is 22.4. The lowest BCUT2D eigenvalue weighted by atomic mass is 9.85. The Morgan fingerprint density at radius 2 is 1.60 bits per heavy atom. The minimum atomic E-state index is -0.596. The van der Waals surface area contributed by atoms with Crippen LogP contribution in [0.3, 0.4) is 0 Å². The van der Waals surface area contributed by atoms with Gasteiger partial charge in [-0.05, 0) is 59.6 Å². The number of rotatable bonds is 4. The first-order chi connectivity index (χ1) is 11.1. The molecule has 2 aliphatic rings. The molecule has 1 aromatic carbocycles. The lowest BCUT2D eigenvalue weighted by Crippen LogP contribution is -2.59. The van der Waals surface area contributed by atoms with Crippen molar-refractivity contribution >= 4 is 12.4 Å². The molecule has 0 radical (unpaired) electrons. The Balaban J connectivity index is 0.000000295. The third-order valence-electron chi connectivity index (χ3n) is 5.33. The highest BCUT2D eigenvalue weighted by Crippen LogP contribution is 2.35. The quantitative estimate of drug-likeness (QED) is 0.762. The second-order valence-corrected chi connectivity index (χ2v) is 8.23. The standard InChI is InChI=1S/C14H21NO.C6H13NO.ClH/c1-11(12-7-5-4-6-8-12)15-10-9-13(15)14(2,3)16;1-6(2,8)5-3-4-7-5;/h4-8,11,13,16H,9-10H2,1-3H3;5,7-8H,3-4H2,1-2H3;1H/t11-,13-;5-;/m00./s1. The third-order valence-corrected chi connectivity index (χ3v) is 5.33. The summed E-state index contributed by atoms with van der Waals surface area (Å²) in [5.41, 5.74) is 0.218. The number of halogens is 1. The largest absolute Gasteiger partial charge is 0.389 e. The van der Waals surface area contributed by atoms with Crippen molar-refractivity contribution in [2.75, 3.05) is 13.1 Å². The van der Waals surface area contributed by atoms with Crippen LogP contribution in [0.1, 0.15) is 59.1 Å². The van der Waals surface area contributed by atoms with E-state index in [4.69, 9.17) is 0 Å². The maximum absolute atomic E-state index is 10.1. The van der Waals surface area contributed by atoms with Crippen LogP contribution in [0.25, 0.3) is 0 Å². The molecule has 0 amide bonds. The summed E-state index contributed by atoms with van der Waals surface area (Å²) < 4.78 is 0. The summed E-state index contributed by atoms with van der Waals surface area (Å²) in [6, 6.07) is 11.5. The normalized spacial score (nSPS) is 24.8. The molecule has 0 bridgehead atoms. The second-order valence-electron chi connectivity index (χ2n) is 8.23. The topological polar surface area (TPSA) is 55.7 Å². The molecule has 5 heteroatoms. The van der Waals surface area contributed by atoms with Gasteiger partial charge in [0.1, 0.15) is 0 Å². The zero-order chi connectivity index (χ0) is 18.0. The van der Waals surface area contributed by atoms with Crippen LogP contribution >= 0.6 is 12.4 Å². The van der Waals surface area contributed by atoms with E-state index < -0.39 is 11.2 Å². The number of likely N-dealkylation sites (tertiary alicyclic amines) is 1. The Kier molecular flexibility index (Phi) is 7.91. The third kappa shape index (κ3) is 5.93. The minimum absolute atomic E-state index is 0. The summed E-state index contributed by atoms with van der Waals surface area (Å²) in [6.07, 6.45) is 2.21. The first-order valence-electron chi connectivity index (χ1n) is 9.09. The van der Waals surface area contributed by atoms with E-state index in [9.17, 15) is 10.2 Å². The summed E-state index contributed by atoms with van der Waals surface area (Å²) in [4.78, 5) is 2.38. The molecular formula is C20H35ClN2O2. The number of hydrogen-bond donors (Lipinski definition) is 3. The van der Waals surface area contributed by atoms with Gasteiger partial charge in [0.05, 0.1) is 11.2 Å². The van der Waals surface area contributed by atoms with Gasteiger partial charge in [-0.15, -0.1) is 12.4 Å². The number of nitrogens with one attached hydrogen (secondary N) is 1. The van der Waals surface area contributed by atoms with Crippen LogP contribution in [0.2, 0.25) is 0 Å². The van der Waals surface area contributed by atoms with Gasteiger partial charge in [0.2, 0.25) is 0 Å². The number of aliphatic hydroxyl groups is 2. The SMILES string of the molecule is CC(C)(O)[C@@H]1CCN1.C[C@@H](c1ccccc1)N1CC[C@H]1C(C)(C)O.Cl. The lowest BCUT2D eigenvalue weighted by molar-refractivity contribution is -0.0871. The van der Waals surface area contributed by atoms with Crippen molar-refractivity contribution in [1.29, 1.82) is 0 Å². The Morgan fingerprint density at radius 1 is 1.04 bits per heavy atom. The number of nitrogens with zero attached hydrogens (tertiary/aromatic N) is 1. The Bertz CT molecular complexity index is 507. The van der Waals surface area contributed by atoms with E-state index in [0.717, 1.165) is 25.9 Å². The molecule has 0 aliphatic carbocycles. The Hall–Kier alpha value is -0.650. The average molecular weight is 371 g/mol.